The maximum Gasteiger partial charge on any atom is 0.266 e. The molecule has 0 spiro atoms. The van der Waals surface area contributed by atoms with Crippen molar-refractivity contribution in [2.75, 3.05) is 0 Å². The number of amides is 1. The van der Waals surface area contributed by atoms with Crippen LogP contribution >= 0.6 is 0 Å². The van der Waals surface area contributed by atoms with Gasteiger partial charge in [-0.3, -0.25) is 10.2 Å². The van der Waals surface area contributed by atoms with E-state index in [4.69, 9.17) is 0 Å². The van der Waals surface area contributed by atoms with Crippen LogP contribution in [0.25, 0.3) is 0 Å². The third-order valence-corrected chi connectivity index (χ3v) is 5.56. The molecular weight excluding hydrogens is 336 g/mol. The van der Waals surface area contributed by atoms with Crippen LogP contribution in [0.2, 0.25) is 0 Å². The van der Waals surface area contributed by atoms with Crippen LogP contribution < -0.4 is 10.3 Å². The summed E-state index contributed by atoms with van der Waals surface area (Å²) in [5.41, 5.74) is 4.84. The molecule has 0 radical (unpaired) electrons. The Morgan fingerprint density at radius 1 is 1.00 bits per heavy atom. The normalized spacial score (nSPS) is 12.6. The summed E-state index contributed by atoms with van der Waals surface area (Å²) in [6, 6.07) is 13.7. The van der Waals surface area contributed by atoms with Gasteiger partial charge in [0.05, 0.1) is 4.90 Å². The van der Waals surface area contributed by atoms with E-state index in [0.29, 0.717) is 11.5 Å². The number of carbonyl (C=O) groups is 1. The van der Waals surface area contributed by atoms with Crippen molar-refractivity contribution in [3.63, 3.8) is 0 Å². The second-order valence-electron chi connectivity index (χ2n) is 5.99. The number of hydrogen-bond acceptors (Lipinski definition) is 3. The van der Waals surface area contributed by atoms with Crippen LogP contribution in [0.3, 0.4) is 0 Å². The fourth-order valence-electron chi connectivity index (χ4n) is 2.35. The summed E-state index contributed by atoms with van der Waals surface area (Å²) in [4.78, 5) is 14.3. The molecule has 0 aliphatic rings. The maximum absolute atomic E-state index is 12.3. The van der Waals surface area contributed by atoms with Crippen LogP contribution in [0, 0.1) is 0 Å². The lowest BCUT2D eigenvalue weighted by Crippen LogP contribution is -2.41. The van der Waals surface area contributed by atoms with E-state index in [0.717, 1.165) is 24.0 Å². The number of sulfonamides is 1. The number of carbonyl (C=O) groups excluding carboxylic acids is 1. The number of nitrogens with one attached hydrogen (secondary N) is 2. The Morgan fingerprint density at radius 3 is 2.12 bits per heavy atom. The van der Waals surface area contributed by atoms with Gasteiger partial charge in [-0.25, -0.2) is 8.42 Å². The smallest absolute Gasteiger partial charge is 0.266 e. The largest absolute Gasteiger partial charge is 0.273 e. The zero-order chi connectivity index (χ0) is 18.4. The quantitative estimate of drug-likeness (QED) is 0.743. The molecule has 0 saturated heterocycles. The van der Waals surface area contributed by atoms with Crippen LogP contribution in [0.5, 0.6) is 0 Å². The Labute approximate surface area is 149 Å². The molecule has 0 bridgehead atoms. The third-order valence-electron chi connectivity index (χ3n) is 4.30. The van der Waals surface area contributed by atoms with Crippen molar-refractivity contribution in [1.29, 1.82) is 0 Å². The molecule has 2 aromatic carbocycles. The van der Waals surface area contributed by atoms with E-state index in [1.807, 2.05) is 19.1 Å². The first-order valence-electron chi connectivity index (χ1n) is 8.38. The van der Waals surface area contributed by atoms with Gasteiger partial charge in [-0.1, -0.05) is 45.0 Å². The van der Waals surface area contributed by atoms with Gasteiger partial charge in [-0.15, -0.1) is 4.83 Å². The molecule has 2 aromatic rings. The number of hydrogen-bond donors (Lipinski definition) is 2. The lowest BCUT2D eigenvalue weighted by molar-refractivity contribution is 0.0945. The molecule has 5 nitrogen and oxygen atoms in total. The van der Waals surface area contributed by atoms with Crippen LogP contribution in [-0.4, -0.2) is 14.3 Å². The highest BCUT2D eigenvalue weighted by atomic mass is 32.2. The fraction of sp³-hybridized carbons (Fsp3) is 0.316. The van der Waals surface area contributed by atoms with Crippen LogP contribution in [0.4, 0.5) is 0 Å². The highest BCUT2D eigenvalue weighted by Crippen LogP contribution is 2.20. The second kappa shape index (κ2) is 8.27. The molecule has 0 saturated carbocycles. The molecule has 25 heavy (non-hydrogen) atoms. The van der Waals surface area contributed by atoms with Gasteiger partial charge >= 0.3 is 0 Å². The molecule has 1 amide bonds. The van der Waals surface area contributed by atoms with E-state index in [1.165, 1.54) is 0 Å². The van der Waals surface area contributed by atoms with Crippen molar-refractivity contribution in [2.45, 2.75) is 44.4 Å². The topological polar surface area (TPSA) is 75.3 Å². The molecule has 0 aliphatic carbocycles. The zero-order valence-electron chi connectivity index (χ0n) is 14.7. The molecule has 0 aromatic heterocycles. The Kier molecular flexibility index (Phi) is 6.33. The van der Waals surface area contributed by atoms with Crippen LogP contribution in [0.15, 0.2) is 53.4 Å². The second-order valence-corrected chi connectivity index (χ2v) is 7.67. The lowest BCUT2D eigenvalue weighted by atomic mass is 9.99. The minimum atomic E-state index is -3.81. The van der Waals surface area contributed by atoms with Crippen LogP contribution in [-0.2, 0) is 16.4 Å². The van der Waals surface area contributed by atoms with Gasteiger partial charge in [0.1, 0.15) is 0 Å². The summed E-state index contributed by atoms with van der Waals surface area (Å²) in [5, 5.41) is 0. The highest BCUT2D eigenvalue weighted by molar-refractivity contribution is 7.89. The minimum Gasteiger partial charge on any atom is -0.273 e. The van der Waals surface area contributed by atoms with E-state index in [1.54, 1.807) is 36.4 Å². The molecule has 134 valence electrons. The molecule has 0 fully saturated rings. The standard InChI is InChI=1S/C19H24N2O3S/c1-4-14(3)16-10-12-18(13-11-16)25(23,24)21-20-19(22)17-8-6-15(5-2)7-9-17/h6-14,21H,4-5H2,1-3H3,(H,20,22)/t14-/m1/s1. The predicted molar refractivity (Wildman–Crippen MR) is 98.8 cm³/mol. The van der Waals surface area contributed by atoms with E-state index in [2.05, 4.69) is 24.1 Å². The number of hydrazine groups is 1. The Bertz CT molecular complexity index is 813. The molecule has 0 heterocycles. The van der Waals surface area contributed by atoms with Gasteiger partial charge in [-0.05, 0) is 54.2 Å². The average Bonchev–Trinajstić information content (AvgIpc) is 2.65. The Hall–Kier alpha value is -2.18. The Morgan fingerprint density at radius 2 is 1.60 bits per heavy atom. The summed E-state index contributed by atoms with van der Waals surface area (Å²) in [7, 11) is -3.81. The minimum absolute atomic E-state index is 0.112. The zero-order valence-corrected chi connectivity index (χ0v) is 15.6. The van der Waals surface area contributed by atoms with Crippen molar-refractivity contribution in [2.24, 2.45) is 0 Å². The average molecular weight is 360 g/mol. The highest BCUT2D eigenvalue weighted by Gasteiger charge is 2.16. The predicted octanol–water partition coefficient (Wildman–Crippen LogP) is 3.39. The first-order chi connectivity index (χ1) is 11.9. The van der Waals surface area contributed by atoms with E-state index < -0.39 is 15.9 Å². The van der Waals surface area contributed by atoms with Gasteiger partial charge in [0.2, 0.25) is 0 Å². The number of aryl methyl sites for hydroxylation is 1. The van der Waals surface area contributed by atoms with Crippen molar-refractivity contribution >= 4 is 15.9 Å². The summed E-state index contributed by atoms with van der Waals surface area (Å²) >= 11 is 0. The summed E-state index contributed by atoms with van der Waals surface area (Å²) < 4.78 is 24.6. The number of rotatable bonds is 7. The molecule has 2 N–H and O–H groups in total. The lowest BCUT2D eigenvalue weighted by Gasteiger charge is -2.11. The van der Waals surface area contributed by atoms with Gasteiger partial charge in [0.25, 0.3) is 15.9 Å². The van der Waals surface area contributed by atoms with Gasteiger partial charge in [-0.2, -0.15) is 0 Å². The van der Waals surface area contributed by atoms with Crippen LogP contribution in [0.1, 0.15) is 54.6 Å². The molecule has 6 heteroatoms. The fourth-order valence-corrected chi connectivity index (χ4v) is 3.19. The summed E-state index contributed by atoms with van der Waals surface area (Å²) in [6.45, 7) is 6.20. The molecule has 0 unspecified atom stereocenters. The van der Waals surface area contributed by atoms with Crippen molar-refractivity contribution in [3.05, 3.63) is 65.2 Å². The van der Waals surface area contributed by atoms with Crippen molar-refractivity contribution in [3.8, 4) is 0 Å². The molecule has 0 aliphatic heterocycles. The van der Waals surface area contributed by atoms with Gasteiger partial charge in [0.15, 0.2) is 0 Å². The van der Waals surface area contributed by atoms with Crippen molar-refractivity contribution in [1.82, 2.24) is 10.3 Å². The van der Waals surface area contributed by atoms with Crippen molar-refractivity contribution < 1.29 is 13.2 Å². The van der Waals surface area contributed by atoms with E-state index in [9.17, 15) is 13.2 Å². The molecule has 2 rings (SSSR count). The number of benzene rings is 2. The summed E-state index contributed by atoms with van der Waals surface area (Å²) in [6.07, 6.45) is 1.86. The maximum atomic E-state index is 12.3. The third kappa shape index (κ3) is 4.90. The molecule has 1 atom stereocenters. The first kappa shape index (κ1) is 19.1. The SMILES string of the molecule is CCc1ccc(C(=O)NNS(=O)(=O)c2ccc([C@H](C)CC)cc2)cc1. The Balaban J connectivity index is 2.04. The van der Waals surface area contributed by atoms with E-state index in [-0.39, 0.29) is 4.90 Å². The summed E-state index contributed by atoms with van der Waals surface area (Å²) in [5.74, 6) is -0.127. The van der Waals surface area contributed by atoms with Gasteiger partial charge in [0, 0.05) is 5.56 Å². The monoisotopic (exact) mass is 360 g/mol. The van der Waals surface area contributed by atoms with E-state index >= 15 is 0 Å². The first-order valence-corrected chi connectivity index (χ1v) is 9.86. The molecular formula is C19H24N2O3S. The van der Waals surface area contributed by atoms with Gasteiger partial charge < -0.3 is 0 Å².